The molecule has 0 aliphatic heterocycles. The highest BCUT2D eigenvalue weighted by molar-refractivity contribution is 6.30. The Bertz CT molecular complexity index is 580. The zero-order valence-electron chi connectivity index (χ0n) is 10.6. The maximum absolute atomic E-state index is 11.1. The van der Waals surface area contributed by atoms with Gasteiger partial charge in [0.25, 0.3) is 0 Å². The van der Waals surface area contributed by atoms with Crippen LogP contribution in [0.3, 0.4) is 0 Å². The van der Waals surface area contributed by atoms with Crippen molar-refractivity contribution in [2.24, 2.45) is 7.05 Å². The largest absolute Gasteiger partial charge is 0.469 e. The Kier molecular flexibility index (Phi) is 4.11. The van der Waals surface area contributed by atoms with Crippen LogP contribution in [0.15, 0.2) is 18.3 Å². The molecule has 7 heteroatoms. The van der Waals surface area contributed by atoms with E-state index < -0.39 is 0 Å². The minimum Gasteiger partial charge on any atom is -0.469 e. The summed E-state index contributed by atoms with van der Waals surface area (Å²) in [5.74, 6) is 0.940. The number of halogens is 1. The van der Waals surface area contributed by atoms with E-state index in [2.05, 4.69) is 19.8 Å². The Morgan fingerprint density at radius 3 is 2.89 bits per heavy atom. The van der Waals surface area contributed by atoms with Crippen molar-refractivity contribution < 1.29 is 9.53 Å². The van der Waals surface area contributed by atoms with Crippen LogP contribution in [0.2, 0.25) is 5.02 Å². The molecule has 19 heavy (non-hydrogen) atoms. The van der Waals surface area contributed by atoms with Gasteiger partial charge in [0, 0.05) is 19.7 Å². The fourth-order valence-electron chi connectivity index (χ4n) is 1.59. The lowest BCUT2D eigenvalue weighted by atomic mass is 10.3. The lowest BCUT2D eigenvalue weighted by Gasteiger charge is -1.98. The Morgan fingerprint density at radius 1 is 1.47 bits per heavy atom. The molecule has 0 bridgehead atoms. The average Bonchev–Trinajstić information content (AvgIpc) is 2.78. The monoisotopic (exact) mass is 280 g/mol. The number of nitrogens with zero attached hydrogens (tertiary/aromatic N) is 4. The molecule has 0 saturated heterocycles. The summed E-state index contributed by atoms with van der Waals surface area (Å²) >= 11 is 5.79. The quantitative estimate of drug-likeness (QED) is 0.796. The highest BCUT2D eigenvalue weighted by atomic mass is 35.5. The Balaban J connectivity index is 2.16. The highest BCUT2D eigenvalue weighted by Crippen LogP contribution is 2.16. The number of rotatable bonds is 4. The molecule has 0 aliphatic carbocycles. The molecule has 2 heterocycles. The van der Waals surface area contributed by atoms with Crippen LogP contribution >= 0.6 is 11.6 Å². The van der Waals surface area contributed by atoms with Crippen LogP contribution in [0.4, 0.5) is 0 Å². The Morgan fingerprint density at radius 2 is 2.26 bits per heavy atom. The molecule has 100 valence electrons. The van der Waals surface area contributed by atoms with Gasteiger partial charge >= 0.3 is 5.97 Å². The van der Waals surface area contributed by atoms with E-state index in [0.717, 1.165) is 0 Å². The molecule has 0 spiro atoms. The van der Waals surface area contributed by atoms with Gasteiger partial charge in [-0.25, -0.2) is 9.67 Å². The van der Waals surface area contributed by atoms with E-state index in [-0.39, 0.29) is 12.4 Å². The second-order valence-electron chi connectivity index (χ2n) is 3.91. The summed E-state index contributed by atoms with van der Waals surface area (Å²) in [5.41, 5.74) is 0.684. The number of esters is 1. The summed E-state index contributed by atoms with van der Waals surface area (Å²) in [4.78, 5) is 19.6. The Hall–Kier alpha value is -1.95. The van der Waals surface area contributed by atoms with Crippen molar-refractivity contribution in [3.05, 3.63) is 29.2 Å². The maximum Gasteiger partial charge on any atom is 0.305 e. The number of hydrogen-bond acceptors (Lipinski definition) is 5. The third-order valence-corrected chi connectivity index (χ3v) is 2.77. The molecule has 0 saturated carbocycles. The number of pyridine rings is 1. The highest BCUT2D eigenvalue weighted by Gasteiger charge is 2.12. The molecule has 0 unspecified atom stereocenters. The zero-order valence-corrected chi connectivity index (χ0v) is 11.4. The molecule has 0 amide bonds. The predicted octanol–water partition coefficient (Wildman–Crippen LogP) is 1.64. The normalized spacial score (nSPS) is 10.5. The second kappa shape index (κ2) is 5.79. The summed E-state index contributed by atoms with van der Waals surface area (Å²) in [6, 6.07) is 3.52. The van der Waals surface area contributed by atoms with Crippen molar-refractivity contribution in [1.82, 2.24) is 19.7 Å². The van der Waals surface area contributed by atoms with E-state index >= 15 is 0 Å². The van der Waals surface area contributed by atoms with Crippen LogP contribution in [0.1, 0.15) is 12.2 Å². The van der Waals surface area contributed by atoms with Gasteiger partial charge in [0.1, 0.15) is 5.69 Å². The number of aromatic nitrogens is 4. The zero-order chi connectivity index (χ0) is 13.8. The molecule has 0 atom stereocenters. The molecule has 0 radical (unpaired) electrons. The second-order valence-corrected chi connectivity index (χ2v) is 4.35. The minimum atomic E-state index is -0.279. The third-order valence-electron chi connectivity index (χ3n) is 2.54. The number of aryl methyl sites for hydroxylation is 2. The van der Waals surface area contributed by atoms with Crippen molar-refractivity contribution in [3.8, 4) is 11.5 Å². The lowest BCUT2D eigenvalue weighted by molar-refractivity contribution is -0.140. The average molecular weight is 281 g/mol. The van der Waals surface area contributed by atoms with Gasteiger partial charge in [-0.05, 0) is 12.1 Å². The number of carbonyl (C=O) groups excluding carboxylic acids is 1. The molecule has 2 aromatic rings. The van der Waals surface area contributed by atoms with E-state index in [0.29, 0.717) is 28.8 Å². The van der Waals surface area contributed by atoms with Crippen molar-refractivity contribution in [3.63, 3.8) is 0 Å². The summed E-state index contributed by atoms with van der Waals surface area (Å²) < 4.78 is 6.21. The van der Waals surface area contributed by atoms with Gasteiger partial charge in [-0.1, -0.05) is 11.6 Å². The molecule has 2 rings (SSSR count). The van der Waals surface area contributed by atoms with Crippen molar-refractivity contribution in [2.45, 2.75) is 12.8 Å². The van der Waals surface area contributed by atoms with E-state index in [1.165, 1.54) is 7.11 Å². The fourth-order valence-corrected chi connectivity index (χ4v) is 1.70. The van der Waals surface area contributed by atoms with E-state index in [1.54, 1.807) is 30.1 Å². The number of hydrogen-bond donors (Lipinski definition) is 0. The van der Waals surface area contributed by atoms with Crippen LogP contribution in [0, 0.1) is 0 Å². The van der Waals surface area contributed by atoms with Gasteiger partial charge in [0.2, 0.25) is 0 Å². The predicted molar refractivity (Wildman–Crippen MR) is 69.6 cm³/mol. The first kappa shape index (κ1) is 13.5. The van der Waals surface area contributed by atoms with Gasteiger partial charge < -0.3 is 4.74 Å². The first-order valence-corrected chi connectivity index (χ1v) is 6.06. The molecule has 2 aromatic heterocycles. The standard InChI is InChI=1S/C12H13ClN4O2/c1-17-12(9-4-3-8(13)7-14-9)15-10(16-17)5-6-11(18)19-2/h3-4,7H,5-6H2,1-2H3. The number of ether oxygens (including phenoxy) is 1. The summed E-state index contributed by atoms with van der Waals surface area (Å²) in [6.07, 6.45) is 2.25. The topological polar surface area (TPSA) is 69.9 Å². The summed E-state index contributed by atoms with van der Waals surface area (Å²) in [6.45, 7) is 0. The first-order chi connectivity index (χ1) is 9.10. The van der Waals surface area contributed by atoms with Crippen molar-refractivity contribution in [1.29, 1.82) is 0 Å². The molecule has 6 nitrogen and oxygen atoms in total. The van der Waals surface area contributed by atoms with E-state index in [9.17, 15) is 4.79 Å². The van der Waals surface area contributed by atoms with Crippen molar-refractivity contribution >= 4 is 17.6 Å². The summed E-state index contributed by atoms with van der Waals surface area (Å²) in [7, 11) is 3.14. The van der Waals surface area contributed by atoms with Gasteiger partial charge in [0.05, 0.1) is 18.6 Å². The van der Waals surface area contributed by atoms with Crippen LogP contribution in [0.25, 0.3) is 11.5 Å². The molecule has 0 aromatic carbocycles. The molecular weight excluding hydrogens is 268 g/mol. The van der Waals surface area contributed by atoms with Crippen molar-refractivity contribution in [2.75, 3.05) is 7.11 Å². The van der Waals surface area contributed by atoms with Gasteiger partial charge in [0.15, 0.2) is 11.6 Å². The molecule has 0 N–H and O–H groups in total. The Labute approximate surface area is 115 Å². The van der Waals surface area contributed by atoms with Crippen LogP contribution in [-0.2, 0) is 23.0 Å². The van der Waals surface area contributed by atoms with Crippen LogP contribution in [-0.4, -0.2) is 32.8 Å². The SMILES string of the molecule is COC(=O)CCc1nc(-c2ccc(Cl)cn2)n(C)n1. The number of methoxy groups -OCH3 is 1. The molecule has 0 fully saturated rings. The van der Waals surface area contributed by atoms with E-state index in [4.69, 9.17) is 11.6 Å². The maximum atomic E-state index is 11.1. The van der Waals surface area contributed by atoms with Crippen LogP contribution < -0.4 is 0 Å². The first-order valence-electron chi connectivity index (χ1n) is 5.69. The molecule has 0 aliphatic rings. The van der Waals surface area contributed by atoms with Gasteiger partial charge in [-0.15, -0.1) is 0 Å². The lowest BCUT2D eigenvalue weighted by Crippen LogP contribution is -2.03. The number of carbonyl (C=O) groups is 1. The summed E-state index contributed by atoms with van der Waals surface area (Å²) in [5, 5.41) is 4.81. The minimum absolute atomic E-state index is 0.258. The smallest absolute Gasteiger partial charge is 0.305 e. The fraction of sp³-hybridized carbons (Fsp3) is 0.333. The third kappa shape index (κ3) is 3.29. The van der Waals surface area contributed by atoms with Gasteiger partial charge in [-0.2, -0.15) is 5.10 Å². The molecular formula is C12H13ClN4O2. The van der Waals surface area contributed by atoms with Crippen LogP contribution in [0.5, 0.6) is 0 Å². The van der Waals surface area contributed by atoms with E-state index in [1.807, 2.05) is 0 Å². The van der Waals surface area contributed by atoms with Gasteiger partial charge in [-0.3, -0.25) is 9.78 Å².